The van der Waals surface area contributed by atoms with Crippen LogP contribution in [0.1, 0.15) is 38.0 Å². The first-order valence-electron chi connectivity index (χ1n) is 7.20. The van der Waals surface area contributed by atoms with E-state index >= 15 is 0 Å². The molecule has 1 saturated carbocycles. The molecule has 6 nitrogen and oxygen atoms in total. The van der Waals surface area contributed by atoms with Gasteiger partial charge in [0.1, 0.15) is 0 Å². The molecule has 6 heteroatoms. The second-order valence-electron chi connectivity index (χ2n) is 5.82. The molecule has 0 unspecified atom stereocenters. The van der Waals surface area contributed by atoms with Crippen LogP contribution >= 0.6 is 0 Å². The highest BCUT2D eigenvalue weighted by Gasteiger charge is 2.30. The summed E-state index contributed by atoms with van der Waals surface area (Å²) in [5, 5.41) is 22.7. The van der Waals surface area contributed by atoms with Crippen LogP contribution in [-0.2, 0) is 6.42 Å². The number of benzene rings is 1. The Morgan fingerprint density at radius 1 is 1.14 bits per heavy atom. The number of nitrogens with zero attached hydrogens (tertiary/aromatic N) is 2. The van der Waals surface area contributed by atoms with Gasteiger partial charge in [-0.15, -0.1) is 0 Å². The maximum Gasteiger partial charge on any atom is 0.228 e. The molecule has 1 aromatic carbocycles. The fourth-order valence-electron chi connectivity index (χ4n) is 2.84. The number of aromatic nitrogens is 2. The van der Waals surface area contributed by atoms with Crippen LogP contribution in [0.4, 0.5) is 0 Å². The standard InChI is InChI=1S/C15H19N3O3/c16-15(6-2-1-3-7-15)9-13-17-14(18-21-13)10-4-5-11(19)12(20)8-10/h4-5,8,19-20H,1-3,6-7,9,16H2. The smallest absolute Gasteiger partial charge is 0.228 e. The largest absolute Gasteiger partial charge is 0.504 e. The Hall–Kier alpha value is -2.08. The molecule has 0 bridgehead atoms. The first-order chi connectivity index (χ1) is 10.1. The van der Waals surface area contributed by atoms with Gasteiger partial charge in [0.2, 0.25) is 11.7 Å². The van der Waals surface area contributed by atoms with Crippen molar-refractivity contribution >= 4 is 0 Å². The Morgan fingerprint density at radius 2 is 1.90 bits per heavy atom. The van der Waals surface area contributed by atoms with Crippen LogP contribution in [0, 0.1) is 0 Å². The van der Waals surface area contributed by atoms with Gasteiger partial charge in [0.25, 0.3) is 0 Å². The van der Waals surface area contributed by atoms with Gasteiger partial charge in [0.05, 0.1) is 0 Å². The molecule has 1 aliphatic rings. The van der Waals surface area contributed by atoms with Crippen LogP contribution in [0.25, 0.3) is 11.4 Å². The molecule has 2 aromatic rings. The molecule has 112 valence electrons. The van der Waals surface area contributed by atoms with Crippen molar-refractivity contribution in [3.05, 3.63) is 24.1 Å². The molecule has 4 N–H and O–H groups in total. The predicted molar refractivity (Wildman–Crippen MR) is 76.8 cm³/mol. The molecule has 0 aliphatic heterocycles. The Kier molecular flexibility index (Phi) is 3.55. The average Bonchev–Trinajstić information content (AvgIpc) is 2.90. The lowest BCUT2D eigenvalue weighted by Crippen LogP contribution is -2.43. The summed E-state index contributed by atoms with van der Waals surface area (Å²) >= 11 is 0. The lowest BCUT2D eigenvalue weighted by molar-refractivity contribution is 0.261. The van der Waals surface area contributed by atoms with Gasteiger partial charge in [-0.3, -0.25) is 0 Å². The average molecular weight is 289 g/mol. The lowest BCUT2D eigenvalue weighted by Gasteiger charge is -2.31. The van der Waals surface area contributed by atoms with E-state index in [-0.39, 0.29) is 17.0 Å². The molecule has 0 radical (unpaired) electrons. The molecule has 0 amide bonds. The maximum absolute atomic E-state index is 9.51. The number of phenols is 2. The SMILES string of the molecule is NC1(Cc2nc(-c3ccc(O)c(O)c3)no2)CCCCC1. The molecule has 3 rings (SSSR count). The summed E-state index contributed by atoms with van der Waals surface area (Å²) in [4.78, 5) is 4.34. The highest BCUT2D eigenvalue weighted by molar-refractivity contribution is 5.59. The lowest BCUT2D eigenvalue weighted by atomic mass is 9.80. The van der Waals surface area contributed by atoms with Gasteiger partial charge in [0, 0.05) is 17.5 Å². The van der Waals surface area contributed by atoms with Crippen LogP contribution < -0.4 is 5.73 Å². The molecule has 0 saturated heterocycles. The van der Waals surface area contributed by atoms with Gasteiger partial charge in [-0.2, -0.15) is 4.98 Å². The van der Waals surface area contributed by atoms with E-state index in [1.165, 1.54) is 18.6 Å². The van der Waals surface area contributed by atoms with E-state index in [4.69, 9.17) is 10.3 Å². The maximum atomic E-state index is 9.51. The van der Waals surface area contributed by atoms with Gasteiger partial charge < -0.3 is 20.5 Å². The number of hydrogen-bond donors (Lipinski definition) is 3. The van der Waals surface area contributed by atoms with Crippen LogP contribution in [-0.4, -0.2) is 25.9 Å². The predicted octanol–water partition coefficient (Wildman–Crippen LogP) is 2.35. The fourth-order valence-corrected chi connectivity index (χ4v) is 2.84. The summed E-state index contributed by atoms with van der Waals surface area (Å²) in [7, 11) is 0. The Morgan fingerprint density at radius 3 is 2.62 bits per heavy atom. The second-order valence-corrected chi connectivity index (χ2v) is 5.82. The molecular weight excluding hydrogens is 270 g/mol. The van der Waals surface area contributed by atoms with E-state index in [0.29, 0.717) is 23.7 Å². The van der Waals surface area contributed by atoms with Crippen LogP contribution in [0.15, 0.2) is 22.7 Å². The van der Waals surface area contributed by atoms with Crippen LogP contribution in [0.2, 0.25) is 0 Å². The third kappa shape index (κ3) is 3.00. The van der Waals surface area contributed by atoms with Gasteiger partial charge >= 0.3 is 0 Å². The molecule has 21 heavy (non-hydrogen) atoms. The highest BCUT2D eigenvalue weighted by atomic mass is 16.5. The number of nitrogens with two attached hydrogens (primary N) is 1. The van der Waals surface area contributed by atoms with Crippen LogP contribution in [0.3, 0.4) is 0 Å². The fraction of sp³-hybridized carbons (Fsp3) is 0.467. The summed E-state index contributed by atoms with van der Waals surface area (Å²) in [5.74, 6) is 0.522. The van der Waals surface area contributed by atoms with E-state index in [2.05, 4.69) is 10.1 Å². The first-order valence-corrected chi connectivity index (χ1v) is 7.20. The van der Waals surface area contributed by atoms with Crippen molar-refractivity contribution in [2.24, 2.45) is 5.73 Å². The first kappa shape index (κ1) is 13.9. The zero-order chi connectivity index (χ0) is 14.9. The summed E-state index contributed by atoms with van der Waals surface area (Å²) < 4.78 is 5.27. The second kappa shape index (κ2) is 5.37. The van der Waals surface area contributed by atoms with Gasteiger partial charge in [0.15, 0.2) is 11.5 Å². The molecule has 1 aromatic heterocycles. The number of phenolic OH excluding ortho intramolecular Hbond substituents is 2. The number of rotatable bonds is 3. The minimum absolute atomic E-state index is 0.175. The van der Waals surface area contributed by atoms with E-state index in [1.54, 1.807) is 6.07 Å². The zero-order valence-corrected chi connectivity index (χ0v) is 11.7. The topological polar surface area (TPSA) is 105 Å². The minimum Gasteiger partial charge on any atom is -0.504 e. The number of aromatic hydroxyl groups is 2. The van der Waals surface area contributed by atoms with Gasteiger partial charge in [-0.25, -0.2) is 0 Å². The highest BCUT2D eigenvalue weighted by Crippen LogP contribution is 2.31. The quantitative estimate of drug-likeness (QED) is 0.749. The molecular formula is C15H19N3O3. The van der Waals surface area contributed by atoms with Crippen molar-refractivity contribution in [2.45, 2.75) is 44.1 Å². The van der Waals surface area contributed by atoms with Crippen LogP contribution in [0.5, 0.6) is 11.5 Å². The molecule has 1 fully saturated rings. The van der Waals surface area contributed by atoms with E-state index in [1.807, 2.05) is 0 Å². The van der Waals surface area contributed by atoms with Crippen molar-refractivity contribution in [1.82, 2.24) is 10.1 Å². The van der Waals surface area contributed by atoms with Crippen molar-refractivity contribution in [1.29, 1.82) is 0 Å². The monoisotopic (exact) mass is 289 g/mol. The third-order valence-electron chi connectivity index (χ3n) is 4.05. The van der Waals surface area contributed by atoms with Crippen molar-refractivity contribution < 1.29 is 14.7 Å². The molecule has 1 heterocycles. The summed E-state index contributed by atoms with van der Waals surface area (Å²) in [6.45, 7) is 0. The zero-order valence-electron chi connectivity index (χ0n) is 11.7. The summed E-state index contributed by atoms with van der Waals surface area (Å²) in [6, 6.07) is 4.43. The van der Waals surface area contributed by atoms with E-state index in [0.717, 1.165) is 25.7 Å². The Balaban J connectivity index is 1.78. The van der Waals surface area contributed by atoms with E-state index < -0.39 is 0 Å². The third-order valence-corrected chi connectivity index (χ3v) is 4.05. The minimum atomic E-state index is -0.251. The van der Waals surface area contributed by atoms with Crippen molar-refractivity contribution in [3.63, 3.8) is 0 Å². The summed E-state index contributed by atoms with van der Waals surface area (Å²) in [6.07, 6.45) is 6.05. The Bertz CT molecular complexity index is 633. The van der Waals surface area contributed by atoms with Gasteiger partial charge in [-0.05, 0) is 31.0 Å². The van der Waals surface area contributed by atoms with Crippen molar-refractivity contribution in [2.75, 3.05) is 0 Å². The normalized spacial score (nSPS) is 17.8. The van der Waals surface area contributed by atoms with E-state index in [9.17, 15) is 10.2 Å². The molecule has 1 aliphatic carbocycles. The molecule has 0 atom stereocenters. The summed E-state index contributed by atoms with van der Waals surface area (Å²) in [5.41, 5.74) is 6.72. The van der Waals surface area contributed by atoms with Crippen molar-refractivity contribution in [3.8, 4) is 22.9 Å². The molecule has 0 spiro atoms. The Labute approximate surface area is 122 Å². The van der Waals surface area contributed by atoms with Gasteiger partial charge in [-0.1, -0.05) is 24.4 Å². The number of hydrogen-bond acceptors (Lipinski definition) is 6.